The molecule has 0 aliphatic heterocycles. The van der Waals surface area contributed by atoms with Crippen LogP contribution in [-0.4, -0.2) is 12.1 Å². The van der Waals surface area contributed by atoms with Gasteiger partial charge in [0.1, 0.15) is 17.0 Å². The van der Waals surface area contributed by atoms with Crippen LogP contribution in [0.1, 0.15) is 0 Å². The number of aromatic nitrogens is 1. The largest absolute Gasteiger partial charge is 0.497 e. The van der Waals surface area contributed by atoms with Gasteiger partial charge < -0.3 is 9.15 Å². The molecule has 0 aliphatic carbocycles. The number of methoxy groups -OCH3 is 1. The van der Waals surface area contributed by atoms with E-state index in [2.05, 4.69) is 4.98 Å². The molecule has 3 aromatic rings. The smallest absolute Gasteiger partial charge is 0.193 e. The molecular formula is C15H11NO3. The van der Waals surface area contributed by atoms with E-state index in [0.29, 0.717) is 28.2 Å². The van der Waals surface area contributed by atoms with Gasteiger partial charge in [-0.1, -0.05) is 6.07 Å². The number of fused-ring (bicyclic) bond motifs is 1. The number of hydrogen-bond acceptors (Lipinski definition) is 4. The highest BCUT2D eigenvalue weighted by molar-refractivity contribution is 5.79. The van der Waals surface area contributed by atoms with Crippen molar-refractivity contribution < 1.29 is 9.15 Å². The predicted molar refractivity (Wildman–Crippen MR) is 72.3 cm³/mol. The van der Waals surface area contributed by atoms with Gasteiger partial charge in [0, 0.05) is 12.3 Å². The monoisotopic (exact) mass is 253 g/mol. The molecule has 0 radical (unpaired) electrons. The summed E-state index contributed by atoms with van der Waals surface area (Å²) in [6, 6.07) is 12.1. The van der Waals surface area contributed by atoms with Crippen molar-refractivity contribution in [3.05, 3.63) is 58.9 Å². The topological polar surface area (TPSA) is 52.3 Å². The van der Waals surface area contributed by atoms with Crippen LogP contribution in [0.4, 0.5) is 0 Å². The molecule has 0 N–H and O–H groups in total. The first-order valence-electron chi connectivity index (χ1n) is 5.81. The molecule has 0 saturated carbocycles. The second kappa shape index (κ2) is 4.57. The van der Waals surface area contributed by atoms with E-state index in [4.69, 9.17) is 9.15 Å². The van der Waals surface area contributed by atoms with Gasteiger partial charge in [0.2, 0.25) is 0 Å². The van der Waals surface area contributed by atoms with E-state index in [1.165, 1.54) is 6.07 Å². The molecule has 0 unspecified atom stereocenters. The average Bonchev–Trinajstić information content (AvgIpc) is 2.48. The standard InChI is InChI=1S/C15H11NO3/c1-18-10-5-6-14-11(8-10)13(17)9-15(19-14)12-4-2-3-7-16-12/h2-9H,1H3. The van der Waals surface area contributed by atoms with Gasteiger partial charge >= 0.3 is 0 Å². The first-order chi connectivity index (χ1) is 9.28. The van der Waals surface area contributed by atoms with Crippen LogP contribution in [0.3, 0.4) is 0 Å². The van der Waals surface area contributed by atoms with Crippen LogP contribution in [0.25, 0.3) is 22.4 Å². The van der Waals surface area contributed by atoms with E-state index in [1.54, 1.807) is 37.6 Å². The fraction of sp³-hybridized carbons (Fsp3) is 0.0667. The van der Waals surface area contributed by atoms with E-state index in [1.807, 2.05) is 12.1 Å². The van der Waals surface area contributed by atoms with Gasteiger partial charge in [-0.3, -0.25) is 9.78 Å². The van der Waals surface area contributed by atoms with Crippen molar-refractivity contribution in [2.24, 2.45) is 0 Å². The van der Waals surface area contributed by atoms with Gasteiger partial charge in [-0.05, 0) is 30.3 Å². The lowest BCUT2D eigenvalue weighted by molar-refractivity contribution is 0.415. The van der Waals surface area contributed by atoms with Crippen molar-refractivity contribution in [3.63, 3.8) is 0 Å². The molecule has 2 aromatic heterocycles. The highest BCUT2D eigenvalue weighted by Crippen LogP contribution is 2.23. The Morgan fingerprint density at radius 3 is 2.79 bits per heavy atom. The molecule has 0 atom stereocenters. The molecule has 2 heterocycles. The zero-order chi connectivity index (χ0) is 13.2. The number of rotatable bonds is 2. The summed E-state index contributed by atoms with van der Waals surface area (Å²) in [6.07, 6.45) is 1.66. The molecule has 94 valence electrons. The van der Waals surface area contributed by atoms with E-state index in [-0.39, 0.29) is 5.43 Å². The third-order valence-corrected chi connectivity index (χ3v) is 2.85. The van der Waals surface area contributed by atoms with Gasteiger partial charge in [-0.2, -0.15) is 0 Å². The second-order valence-corrected chi connectivity index (χ2v) is 4.05. The molecule has 0 aliphatic rings. The molecule has 4 heteroatoms. The molecular weight excluding hydrogens is 242 g/mol. The van der Waals surface area contributed by atoms with Gasteiger partial charge in [0.25, 0.3) is 0 Å². The molecule has 0 saturated heterocycles. The third kappa shape index (κ3) is 2.08. The minimum atomic E-state index is -0.110. The first kappa shape index (κ1) is 11.5. The lowest BCUT2D eigenvalue weighted by Gasteiger charge is -2.04. The van der Waals surface area contributed by atoms with Crippen molar-refractivity contribution in [3.8, 4) is 17.2 Å². The zero-order valence-corrected chi connectivity index (χ0v) is 10.3. The quantitative estimate of drug-likeness (QED) is 0.704. The van der Waals surface area contributed by atoms with Crippen LogP contribution in [-0.2, 0) is 0 Å². The molecule has 19 heavy (non-hydrogen) atoms. The van der Waals surface area contributed by atoms with Crippen molar-refractivity contribution in [1.29, 1.82) is 0 Å². The number of pyridine rings is 1. The molecule has 0 fully saturated rings. The molecule has 0 amide bonds. The molecule has 3 rings (SSSR count). The molecule has 1 aromatic carbocycles. The maximum atomic E-state index is 12.1. The number of ether oxygens (including phenoxy) is 1. The Morgan fingerprint density at radius 1 is 1.16 bits per heavy atom. The van der Waals surface area contributed by atoms with Gasteiger partial charge in [-0.25, -0.2) is 0 Å². The van der Waals surface area contributed by atoms with E-state index in [9.17, 15) is 4.79 Å². The highest BCUT2D eigenvalue weighted by Gasteiger charge is 2.08. The SMILES string of the molecule is COc1ccc2oc(-c3ccccn3)cc(=O)c2c1. The Bertz CT molecular complexity index is 778. The number of hydrogen-bond donors (Lipinski definition) is 0. The summed E-state index contributed by atoms with van der Waals surface area (Å²) < 4.78 is 10.8. The van der Waals surface area contributed by atoms with Crippen LogP contribution in [0.5, 0.6) is 5.75 Å². The summed E-state index contributed by atoms with van der Waals surface area (Å²) in [4.78, 5) is 16.3. The van der Waals surface area contributed by atoms with Gasteiger partial charge in [-0.15, -0.1) is 0 Å². The summed E-state index contributed by atoms with van der Waals surface area (Å²) in [5.74, 6) is 1.09. The predicted octanol–water partition coefficient (Wildman–Crippen LogP) is 2.86. The minimum absolute atomic E-state index is 0.110. The Labute approximate surface area is 109 Å². The summed E-state index contributed by atoms with van der Waals surface area (Å²) in [7, 11) is 1.56. The highest BCUT2D eigenvalue weighted by atomic mass is 16.5. The van der Waals surface area contributed by atoms with Crippen molar-refractivity contribution in [2.45, 2.75) is 0 Å². The van der Waals surface area contributed by atoms with Gasteiger partial charge in [0.05, 0.1) is 12.5 Å². The average molecular weight is 253 g/mol. The second-order valence-electron chi connectivity index (χ2n) is 4.05. The Kier molecular flexibility index (Phi) is 2.76. The van der Waals surface area contributed by atoms with Crippen LogP contribution in [0.15, 0.2) is 57.9 Å². The summed E-state index contributed by atoms with van der Waals surface area (Å²) in [5, 5.41) is 0.499. The van der Waals surface area contributed by atoms with Crippen LogP contribution in [0, 0.1) is 0 Å². The van der Waals surface area contributed by atoms with E-state index in [0.717, 1.165) is 0 Å². The summed E-state index contributed by atoms with van der Waals surface area (Å²) in [5.41, 5.74) is 1.05. The van der Waals surface area contributed by atoms with Crippen LogP contribution < -0.4 is 10.2 Å². The zero-order valence-electron chi connectivity index (χ0n) is 10.3. The van der Waals surface area contributed by atoms with Gasteiger partial charge in [0.15, 0.2) is 11.2 Å². The van der Waals surface area contributed by atoms with Crippen molar-refractivity contribution in [1.82, 2.24) is 4.98 Å². The lowest BCUT2D eigenvalue weighted by Crippen LogP contribution is -2.01. The Morgan fingerprint density at radius 2 is 2.05 bits per heavy atom. The van der Waals surface area contributed by atoms with Crippen LogP contribution >= 0.6 is 0 Å². The first-order valence-corrected chi connectivity index (χ1v) is 5.81. The Hall–Kier alpha value is -2.62. The molecule has 0 bridgehead atoms. The van der Waals surface area contributed by atoms with E-state index >= 15 is 0 Å². The fourth-order valence-electron chi connectivity index (χ4n) is 1.90. The molecule has 4 nitrogen and oxygen atoms in total. The van der Waals surface area contributed by atoms with E-state index < -0.39 is 0 Å². The Balaban J connectivity index is 2.23. The maximum absolute atomic E-state index is 12.1. The maximum Gasteiger partial charge on any atom is 0.193 e. The fourth-order valence-corrected chi connectivity index (χ4v) is 1.90. The normalized spacial score (nSPS) is 10.6. The molecule has 0 spiro atoms. The van der Waals surface area contributed by atoms with Crippen LogP contribution in [0.2, 0.25) is 0 Å². The third-order valence-electron chi connectivity index (χ3n) is 2.85. The van der Waals surface area contributed by atoms with Crippen molar-refractivity contribution >= 4 is 11.0 Å². The number of nitrogens with zero attached hydrogens (tertiary/aromatic N) is 1. The lowest BCUT2D eigenvalue weighted by atomic mass is 10.2. The van der Waals surface area contributed by atoms with Crippen molar-refractivity contribution in [2.75, 3.05) is 7.11 Å². The summed E-state index contributed by atoms with van der Waals surface area (Å²) >= 11 is 0. The summed E-state index contributed by atoms with van der Waals surface area (Å²) in [6.45, 7) is 0. The number of benzene rings is 1. The minimum Gasteiger partial charge on any atom is -0.497 e.